The first-order valence-electron chi connectivity index (χ1n) is 9.62. The van der Waals surface area contributed by atoms with Gasteiger partial charge in [-0.1, -0.05) is 12.1 Å². The average molecular weight is 490 g/mol. The molecular weight excluding hydrogens is 455 g/mol. The van der Waals surface area contributed by atoms with Crippen LogP contribution >= 0.6 is 24.0 Å². The van der Waals surface area contributed by atoms with E-state index in [2.05, 4.69) is 48.4 Å². The number of nitrogens with one attached hydrogen (secondary N) is 2. The molecule has 1 heterocycles. The number of nitrogens with zero attached hydrogens (tertiary/aromatic N) is 2. The molecule has 0 aliphatic carbocycles. The molecule has 27 heavy (non-hydrogen) atoms. The van der Waals surface area contributed by atoms with Crippen LogP contribution in [0.3, 0.4) is 0 Å². The Labute approximate surface area is 181 Å². The van der Waals surface area contributed by atoms with E-state index in [1.807, 2.05) is 12.1 Å². The smallest absolute Gasteiger partial charge is 0.191 e. The molecule has 2 atom stereocenters. The van der Waals surface area contributed by atoms with E-state index in [0.29, 0.717) is 12.1 Å². The maximum absolute atomic E-state index is 5.53. The number of halogens is 1. The van der Waals surface area contributed by atoms with Gasteiger partial charge in [-0.25, -0.2) is 0 Å². The van der Waals surface area contributed by atoms with Gasteiger partial charge in [-0.15, -0.1) is 24.0 Å². The van der Waals surface area contributed by atoms with Gasteiger partial charge in [0.25, 0.3) is 0 Å². The molecule has 154 valence electrons. The Balaban J connectivity index is 0.00000364. The van der Waals surface area contributed by atoms with Gasteiger partial charge in [-0.05, 0) is 44.9 Å². The van der Waals surface area contributed by atoms with Crippen molar-refractivity contribution in [2.45, 2.75) is 39.3 Å². The normalized spacial score (nSPS) is 19.1. The first-order valence-corrected chi connectivity index (χ1v) is 9.62. The van der Waals surface area contributed by atoms with Gasteiger partial charge in [0.1, 0.15) is 5.75 Å². The molecule has 0 bridgehead atoms. The van der Waals surface area contributed by atoms with Gasteiger partial charge in [-0.3, -0.25) is 9.89 Å². The molecule has 1 fully saturated rings. The maximum atomic E-state index is 5.53. The summed E-state index contributed by atoms with van der Waals surface area (Å²) in [5.41, 5.74) is 1.28. The van der Waals surface area contributed by atoms with Crippen molar-refractivity contribution in [3.8, 4) is 5.75 Å². The van der Waals surface area contributed by atoms with Gasteiger partial charge in [0.05, 0.1) is 26.9 Å². The molecule has 2 unspecified atom stereocenters. The number of hydrogen-bond donors (Lipinski definition) is 2. The third-order valence-corrected chi connectivity index (χ3v) is 4.71. The van der Waals surface area contributed by atoms with Crippen molar-refractivity contribution >= 4 is 29.9 Å². The molecule has 7 heteroatoms. The summed E-state index contributed by atoms with van der Waals surface area (Å²) in [5.74, 6) is 1.77. The van der Waals surface area contributed by atoms with Crippen molar-refractivity contribution in [1.82, 2.24) is 15.5 Å². The second kappa shape index (κ2) is 13.2. The molecule has 1 aliphatic heterocycles. The summed E-state index contributed by atoms with van der Waals surface area (Å²) in [7, 11) is 1.69. The highest BCUT2D eigenvalue weighted by Crippen LogP contribution is 2.12. The number of rotatable bonds is 8. The van der Waals surface area contributed by atoms with Crippen LogP contribution in [0.1, 0.15) is 26.3 Å². The Morgan fingerprint density at radius 1 is 1.33 bits per heavy atom. The number of aliphatic imine (C=N–C) groups is 1. The molecule has 0 spiro atoms. The van der Waals surface area contributed by atoms with Crippen molar-refractivity contribution < 1.29 is 9.47 Å². The van der Waals surface area contributed by atoms with E-state index in [0.717, 1.165) is 57.5 Å². The fourth-order valence-corrected chi connectivity index (χ4v) is 3.18. The molecule has 1 aliphatic rings. The Kier molecular flexibility index (Phi) is 11.7. The van der Waals surface area contributed by atoms with Crippen LogP contribution < -0.4 is 15.4 Å². The summed E-state index contributed by atoms with van der Waals surface area (Å²) in [6, 6.07) is 9.07. The lowest BCUT2D eigenvalue weighted by Crippen LogP contribution is -2.49. The van der Waals surface area contributed by atoms with Crippen molar-refractivity contribution in [2.24, 2.45) is 4.99 Å². The van der Waals surface area contributed by atoms with Gasteiger partial charge in [0, 0.05) is 31.7 Å². The third-order valence-electron chi connectivity index (χ3n) is 4.71. The molecule has 1 aromatic carbocycles. The molecule has 2 rings (SSSR count). The standard InChI is InChI=1S/C20H34N4O2.HI/c1-5-21-20(22-11-10-18-6-8-19(25-4)9-7-18)23-14-16(2)24-12-13-26-15-17(24)3;/h6-9,16-17H,5,10-15H2,1-4H3,(H2,21,22,23);1H. The summed E-state index contributed by atoms with van der Waals surface area (Å²) in [6.07, 6.45) is 0.949. The fraction of sp³-hybridized carbons (Fsp3) is 0.650. The molecule has 0 aromatic heterocycles. The van der Waals surface area contributed by atoms with Crippen LogP contribution in [-0.2, 0) is 11.2 Å². The second-order valence-electron chi connectivity index (χ2n) is 6.76. The van der Waals surface area contributed by atoms with Crippen LogP contribution in [0.2, 0.25) is 0 Å². The second-order valence-corrected chi connectivity index (χ2v) is 6.76. The van der Waals surface area contributed by atoms with E-state index < -0.39 is 0 Å². The topological polar surface area (TPSA) is 58.1 Å². The van der Waals surface area contributed by atoms with E-state index in [1.165, 1.54) is 5.56 Å². The molecule has 2 N–H and O–H groups in total. The van der Waals surface area contributed by atoms with E-state index >= 15 is 0 Å². The zero-order valence-electron chi connectivity index (χ0n) is 17.0. The lowest BCUT2D eigenvalue weighted by atomic mass is 10.1. The number of benzene rings is 1. The monoisotopic (exact) mass is 490 g/mol. The fourth-order valence-electron chi connectivity index (χ4n) is 3.18. The van der Waals surface area contributed by atoms with Crippen LogP contribution in [0, 0.1) is 0 Å². The molecule has 1 saturated heterocycles. The van der Waals surface area contributed by atoms with Crippen molar-refractivity contribution in [3.63, 3.8) is 0 Å². The predicted molar refractivity (Wildman–Crippen MR) is 123 cm³/mol. The van der Waals surface area contributed by atoms with E-state index in [4.69, 9.17) is 14.5 Å². The molecular formula is C20H35IN4O2. The maximum Gasteiger partial charge on any atom is 0.191 e. The summed E-state index contributed by atoms with van der Waals surface area (Å²) in [6.45, 7) is 11.7. The van der Waals surface area contributed by atoms with Crippen LogP contribution in [0.5, 0.6) is 5.75 Å². The zero-order chi connectivity index (χ0) is 18.8. The number of hydrogen-bond acceptors (Lipinski definition) is 4. The minimum Gasteiger partial charge on any atom is -0.497 e. The zero-order valence-corrected chi connectivity index (χ0v) is 19.4. The minimum absolute atomic E-state index is 0. The average Bonchev–Trinajstić information content (AvgIpc) is 2.66. The van der Waals surface area contributed by atoms with Gasteiger partial charge in [0.2, 0.25) is 0 Å². The van der Waals surface area contributed by atoms with Gasteiger partial charge < -0.3 is 20.1 Å². The van der Waals surface area contributed by atoms with Gasteiger partial charge >= 0.3 is 0 Å². The summed E-state index contributed by atoms with van der Waals surface area (Å²) in [4.78, 5) is 7.25. The van der Waals surface area contributed by atoms with Crippen molar-refractivity contribution in [3.05, 3.63) is 29.8 Å². The Morgan fingerprint density at radius 3 is 2.70 bits per heavy atom. The van der Waals surface area contributed by atoms with Gasteiger partial charge in [0.15, 0.2) is 5.96 Å². The molecule has 0 amide bonds. The molecule has 0 saturated carbocycles. The summed E-state index contributed by atoms with van der Waals surface area (Å²) in [5, 5.41) is 6.76. The third kappa shape index (κ3) is 8.23. The van der Waals surface area contributed by atoms with Crippen LogP contribution in [0.4, 0.5) is 0 Å². The molecule has 6 nitrogen and oxygen atoms in total. The van der Waals surface area contributed by atoms with Crippen molar-refractivity contribution in [1.29, 1.82) is 0 Å². The summed E-state index contributed by atoms with van der Waals surface area (Å²) < 4.78 is 10.7. The number of ether oxygens (including phenoxy) is 2. The first-order chi connectivity index (χ1) is 12.6. The SMILES string of the molecule is CCNC(=NCC(C)N1CCOCC1C)NCCc1ccc(OC)cc1.I. The van der Waals surface area contributed by atoms with Crippen LogP contribution in [-0.4, -0.2) is 69.4 Å². The number of guanidine groups is 1. The number of morpholine rings is 1. The highest BCUT2D eigenvalue weighted by Gasteiger charge is 2.23. The van der Waals surface area contributed by atoms with Crippen LogP contribution in [0.25, 0.3) is 0 Å². The van der Waals surface area contributed by atoms with E-state index in [9.17, 15) is 0 Å². The quantitative estimate of drug-likeness (QED) is 0.333. The van der Waals surface area contributed by atoms with E-state index in [-0.39, 0.29) is 24.0 Å². The minimum atomic E-state index is 0. The van der Waals surface area contributed by atoms with Crippen LogP contribution in [0.15, 0.2) is 29.3 Å². The highest BCUT2D eigenvalue weighted by molar-refractivity contribution is 14.0. The molecule has 0 radical (unpaired) electrons. The first kappa shape index (κ1) is 24.0. The lowest BCUT2D eigenvalue weighted by molar-refractivity contribution is -0.0165. The molecule has 1 aromatic rings. The Bertz CT molecular complexity index is 553. The lowest BCUT2D eigenvalue weighted by Gasteiger charge is -2.37. The van der Waals surface area contributed by atoms with Gasteiger partial charge in [-0.2, -0.15) is 0 Å². The largest absolute Gasteiger partial charge is 0.497 e. The summed E-state index contributed by atoms with van der Waals surface area (Å²) >= 11 is 0. The van der Waals surface area contributed by atoms with Crippen molar-refractivity contribution in [2.75, 3.05) is 46.5 Å². The van der Waals surface area contributed by atoms with E-state index in [1.54, 1.807) is 7.11 Å². The Hall–Kier alpha value is -1.06. The highest BCUT2D eigenvalue weighted by atomic mass is 127. The predicted octanol–water partition coefficient (Wildman–Crippen LogP) is 2.52. The Morgan fingerprint density at radius 2 is 2.07 bits per heavy atom. The number of methoxy groups -OCH3 is 1.